The van der Waals surface area contributed by atoms with Crippen LogP contribution in [0.15, 0.2) is 23.3 Å². The van der Waals surface area contributed by atoms with E-state index < -0.39 is 5.82 Å². The van der Waals surface area contributed by atoms with Crippen molar-refractivity contribution in [3.8, 4) is 0 Å². The first kappa shape index (κ1) is 16.9. The van der Waals surface area contributed by atoms with E-state index in [1.165, 1.54) is 16.9 Å². The van der Waals surface area contributed by atoms with E-state index in [9.17, 15) is 14.0 Å². The summed E-state index contributed by atoms with van der Waals surface area (Å²) in [6, 6.07) is 1.24. The second kappa shape index (κ2) is 6.34. The number of hydrogen-bond acceptors (Lipinski definition) is 4. The Morgan fingerprint density at radius 3 is 2.85 bits per heavy atom. The Morgan fingerprint density at radius 2 is 2.12 bits per heavy atom. The maximum atomic E-state index is 14.0. The van der Waals surface area contributed by atoms with Crippen molar-refractivity contribution in [2.45, 2.75) is 58.3 Å². The van der Waals surface area contributed by atoms with Crippen molar-refractivity contribution in [2.24, 2.45) is 5.92 Å². The van der Waals surface area contributed by atoms with Crippen LogP contribution in [-0.2, 0) is 19.5 Å². The highest BCUT2D eigenvalue weighted by Crippen LogP contribution is 2.32. The van der Waals surface area contributed by atoms with Gasteiger partial charge >= 0.3 is 5.69 Å². The van der Waals surface area contributed by atoms with E-state index in [0.29, 0.717) is 25.4 Å². The predicted octanol–water partition coefficient (Wildman–Crippen LogP) is 1.46. The lowest BCUT2D eigenvalue weighted by Gasteiger charge is -2.28. The summed E-state index contributed by atoms with van der Waals surface area (Å²) in [6.07, 6.45) is 4.65. The van der Waals surface area contributed by atoms with E-state index in [-0.39, 0.29) is 29.2 Å². The molecule has 7 nitrogen and oxygen atoms in total. The van der Waals surface area contributed by atoms with E-state index >= 15 is 0 Å². The largest absolute Gasteiger partial charge is 0.345 e. The molecule has 138 valence electrons. The molecule has 0 N–H and O–H groups in total. The fourth-order valence-electron chi connectivity index (χ4n) is 4.07. The monoisotopic (exact) mass is 359 g/mol. The topological polar surface area (TPSA) is 73.0 Å². The van der Waals surface area contributed by atoms with Gasteiger partial charge in [-0.3, -0.25) is 14.3 Å². The highest BCUT2D eigenvalue weighted by Gasteiger charge is 2.42. The Labute approximate surface area is 150 Å². The van der Waals surface area contributed by atoms with Crippen LogP contribution in [0.1, 0.15) is 42.9 Å². The average Bonchev–Trinajstić information content (AvgIpc) is 3.04. The van der Waals surface area contributed by atoms with Crippen LogP contribution in [0.2, 0.25) is 0 Å². The van der Waals surface area contributed by atoms with Crippen molar-refractivity contribution in [2.75, 3.05) is 0 Å². The minimum Gasteiger partial charge on any atom is -0.330 e. The highest BCUT2D eigenvalue weighted by molar-refractivity contribution is 5.95. The van der Waals surface area contributed by atoms with Crippen LogP contribution < -0.4 is 5.69 Å². The molecule has 4 heterocycles. The van der Waals surface area contributed by atoms with Crippen LogP contribution in [0.4, 0.5) is 4.39 Å². The molecule has 8 heteroatoms. The van der Waals surface area contributed by atoms with E-state index in [4.69, 9.17) is 0 Å². The lowest BCUT2D eigenvalue weighted by atomic mass is 10.1. The van der Waals surface area contributed by atoms with Crippen molar-refractivity contribution in [1.29, 1.82) is 0 Å². The normalized spacial score (nSPS) is 21.8. The molecule has 0 aromatic carbocycles. The van der Waals surface area contributed by atoms with Gasteiger partial charge in [0.05, 0.1) is 17.8 Å². The van der Waals surface area contributed by atoms with Crippen LogP contribution >= 0.6 is 0 Å². The zero-order chi connectivity index (χ0) is 18.4. The predicted molar refractivity (Wildman–Crippen MR) is 92.2 cm³/mol. The van der Waals surface area contributed by atoms with Gasteiger partial charge in [-0.2, -0.15) is 5.10 Å². The molecular weight excluding hydrogens is 337 g/mol. The summed E-state index contributed by atoms with van der Waals surface area (Å²) in [5, 5.41) is 4.50. The summed E-state index contributed by atoms with van der Waals surface area (Å²) in [7, 11) is 0. The number of rotatable bonds is 3. The summed E-state index contributed by atoms with van der Waals surface area (Å²) in [6.45, 7) is 5.09. The maximum absolute atomic E-state index is 14.0. The Morgan fingerprint density at radius 1 is 1.35 bits per heavy atom. The van der Waals surface area contributed by atoms with Crippen molar-refractivity contribution < 1.29 is 9.18 Å². The number of carbonyl (C=O) groups excluding carboxylic acids is 1. The fraction of sp³-hybridized carbons (Fsp3) is 0.556. The maximum Gasteiger partial charge on any atom is 0.345 e. The summed E-state index contributed by atoms with van der Waals surface area (Å²) in [5.41, 5.74) is -0.0857. The molecule has 1 amide bonds. The van der Waals surface area contributed by atoms with Crippen LogP contribution in [-0.4, -0.2) is 42.2 Å². The van der Waals surface area contributed by atoms with Gasteiger partial charge < -0.3 is 4.90 Å². The number of hydrogen-bond donors (Lipinski definition) is 0. The first-order valence-corrected chi connectivity index (χ1v) is 9.04. The first-order valence-electron chi connectivity index (χ1n) is 9.04. The molecule has 2 bridgehead atoms. The molecule has 0 aliphatic carbocycles. The lowest BCUT2D eigenvalue weighted by Crippen LogP contribution is -2.43. The van der Waals surface area contributed by atoms with Crippen molar-refractivity contribution >= 4 is 5.91 Å². The molecule has 1 fully saturated rings. The van der Waals surface area contributed by atoms with Crippen molar-refractivity contribution in [3.63, 3.8) is 0 Å². The van der Waals surface area contributed by atoms with E-state index in [1.54, 1.807) is 9.47 Å². The molecule has 2 atom stereocenters. The van der Waals surface area contributed by atoms with Gasteiger partial charge in [-0.15, -0.1) is 0 Å². The van der Waals surface area contributed by atoms with Crippen LogP contribution in [0.3, 0.4) is 0 Å². The van der Waals surface area contributed by atoms with E-state index in [2.05, 4.69) is 10.1 Å². The number of aromatic nitrogens is 4. The van der Waals surface area contributed by atoms with Gasteiger partial charge in [0, 0.05) is 31.7 Å². The molecule has 2 aromatic rings. The molecule has 0 unspecified atom stereocenters. The molecule has 0 saturated carbocycles. The Hall–Kier alpha value is -2.51. The van der Waals surface area contributed by atoms with E-state index in [0.717, 1.165) is 24.9 Å². The van der Waals surface area contributed by atoms with Crippen LogP contribution in [0.25, 0.3) is 0 Å². The number of pyridine rings is 1. The third-order valence-electron chi connectivity index (χ3n) is 5.21. The number of carbonyl (C=O) groups is 1. The number of fused-ring (bicyclic) bond motifs is 3. The molecule has 2 aliphatic rings. The quantitative estimate of drug-likeness (QED) is 0.832. The molecule has 4 rings (SSSR count). The Kier molecular flexibility index (Phi) is 4.13. The summed E-state index contributed by atoms with van der Waals surface area (Å²) in [4.78, 5) is 31.1. The Bertz CT molecular complexity index is 903. The number of halogens is 1. The number of amides is 1. The van der Waals surface area contributed by atoms with Gasteiger partial charge in [-0.25, -0.2) is 13.9 Å². The van der Waals surface area contributed by atoms with Gasteiger partial charge in [0.2, 0.25) is 0 Å². The second-order valence-corrected chi connectivity index (χ2v) is 7.54. The summed E-state index contributed by atoms with van der Waals surface area (Å²) < 4.78 is 17.2. The molecule has 0 spiro atoms. The summed E-state index contributed by atoms with van der Waals surface area (Å²) >= 11 is 0. The van der Waals surface area contributed by atoms with Gasteiger partial charge in [0.1, 0.15) is 5.82 Å². The number of nitrogens with zero attached hydrogens (tertiary/aromatic N) is 5. The third-order valence-corrected chi connectivity index (χ3v) is 5.21. The fourth-order valence-corrected chi connectivity index (χ4v) is 4.07. The molecule has 1 saturated heterocycles. The van der Waals surface area contributed by atoms with Crippen LogP contribution in [0.5, 0.6) is 0 Å². The standard InChI is InChI=1S/C18H22FN5O2/c1-11(2)9-23-18(26)22-10-13-4-3-12(7-16(22)21-23)24(13)17(25)14-5-6-20-8-15(14)19/h5-6,8,11-13H,3-4,7,9-10H2,1-2H3/t12-,13+/m0/s1. The molecule has 2 aromatic heterocycles. The van der Waals surface area contributed by atoms with Gasteiger partial charge in [0.15, 0.2) is 5.82 Å². The zero-order valence-corrected chi connectivity index (χ0v) is 14.9. The van der Waals surface area contributed by atoms with Gasteiger partial charge in [-0.05, 0) is 24.8 Å². The molecule has 0 radical (unpaired) electrons. The van der Waals surface area contributed by atoms with Crippen LogP contribution in [0, 0.1) is 11.7 Å². The third kappa shape index (κ3) is 2.73. The molecular formula is C18H22FN5O2. The SMILES string of the molecule is CC(C)Cn1nc2n(c1=O)C[C@H]1CC[C@@H](C2)N1C(=O)c1ccncc1F. The minimum atomic E-state index is -0.613. The highest BCUT2D eigenvalue weighted by atomic mass is 19.1. The molecule has 2 aliphatic heterocycles. The lowest BCUT2D eigenvalue weighted by molar-refractivity contribution is 0.0659. The average molecular weight is 359 g/mol. The van der Waals surface area contributed by atoms with Crippen molar-refractivity contribution in [3.05, 3.63) is 46.1 Å². The minimum absolute atomic E-state index is 0.0358. The van der Waals surface area contributed by atoms with Gasteiger partial charge in [-0.1, -0.05) is 13.8 Å². The van der Waals surface area contributed by atoms with Crippen molar-refractivity contribution in [1.82, 2.24) is 24.2 Å². The zero-order valence-electron chi connectivity index (χ0n) is 14.9. The molecule has 26 heavy (non-hydrogen) atoms. The smallest absolute Gasteiger partial charge is 0.330 e. The summed E-state index contributed by atoms with van der Waals surface area (Å²) in [5.74, 6) is 0.107. The Balaban J connectivity index is 1.66. The van der Waals surface area contributed by atoms with Gasteiger partial charge in [0.25, 0.3) is 5.91 Å². The second-order valence-electron chi connectivity index (χ2n) is 7.54. The van der Waals surface area contributed by atoms with E-state index in [1.807, 2.05) is 13.8 Å². The first-order chi connectivity index (χ1) is 12.5.